The van der Waals surface area contributed by atoms with Gasteiger partial charge in [0.25, 0.3) is 0 Å². The maximum absolute atomic E-state index is 10.8. The van der Waals surface area contributed by atoms with E-state index >= 15 is 0 Å². The molecule has 0 aliphatic carbocycles. The molecule has 14 heavy (non-hydrogen) atoms. The molecule has 76 valence electrons. The van der Waals surface area contributed by atoms with Crippen molar-refractivity contribution in [2.45, 2.75) is 19.8 Å². The number of halogens is 2. The second kappa shape index (κ2) is 4.62. The summed E-state index contributed by atoms with van der Waals surface area (Å²) >= 11 is 11.4. The van der Waals surface area contributed by atoms with Crippen LogP contribution in [0.15, 0.2) is 6.07 Å². The first-order chi connectivity index (χ1) is 6.56. The van der Waals surface area contributed by atoms with Crippen molar-refractivity contribution in [2.75, 3.05) is 0 Å². The topological polar surface area (TPSA) is 50.2 Å². The first-order valence-electron chi connectivity index (χ1n) is 4.14. The zero-order valence-electron chi connectivity index (χ0n) is 7.55. The van der Waals surface area contributed by atoms with Gasteiger partial charge in [0.05, 0.1) is 5.02 Å². The second-order valence-electron chi connectivity index (χ2n) is 2.82. The summed E-state index contributed by atoms with van der Waals surface area (Å²) in [4.78, 5) is 14.5. The van der Waals surface area contributed by atoms with E-state index < -0.39 is 5.97 Å². The summed E-state index contributed by atoms with van der Waals surface area (Å²) in [6, 6.07) is 1.56. The molecule has 0 unspecified atom stereocenters. The Morgan fingerprint density at radius 1 is 1.57 bits per heavy atom. The summed E-state index contributed by atoms with van der Waals surface area (Å²) in [5, 5.41) is 9.17. The van der Waals surface area contributed by atoms with E-state index in [0.29, 0.717) is 17.0 Å². The van der Waals surface area contributed by atoms with Gasteiger partial charge in [0.2, 0.25) is 0 Å². The summed E-state index contributed by atoms with van der Waals surface area (Å²) in [6.07, 6.45) is 1.46. The number of nitrogens with zero attached hydrogens (tertiary/aromatic N) is 1. The lowest BCUT2D eigenvalue weighted by Crippen LogP contribution is -2.06. The molecule has 0 amide bonds. The number of pyridine rings is 1. The molecule has 0 aliphatic heterocycles. The van der Waals surface area contributed by atoms with Crippen LogP contribution in [0.5, 0.6) is 0 Å². The van der Waals surface area contributed by atoms with Gasteiger partial charge in [-0.05, 0) is 18.1 Å². The molecule has 1 N–H and O–H groups in total. The molecule has 1 aromatic rings. The van der Waals surface area contributed by atoms with Crippen molar-refractivity contribution in [3.8, 4) is 0 Å². The third-order valence-corrected chi connectivity index (χ3v) is 2.41. The lowest BCUT2D eigenvalue weighted by atomic mass is 10.1. The van der Waals surface area contributed by atoms with Gasteiger partial charge in [-0.3, -0.25) is 0 Å². The molecule has 1 aromatic heterocycles. The fourth-order valence-electron chi connectivity index (χ4n) is 1.15. The third kappa shape index (κ3) is 2.36. The van der Waals surface area contributed by atoms with E-state index in [-0.39, 0.29) is 10.8 Å². The van der Waals surface area contributed by atoms with Gasteiger partial charge in [0, 0.05) is 0 Å². The van der Waals surface area contributed by atoms with Gasteiger partial charge in [0.1, 0.15) is 5.15 Å². The van der Waals surface area contributed by atoms with Crippen LogP contribution in [0.3, 0.4) is 0 Å². The highest BCUT2D eigenvalue weighted by Crippen LogP contribution is 2.23. The van der Waals surface area contributed by atoms with Crippen LogP contribution in [-0.4, -0.2) is 16.1 Å². The quantitative estimate of drug-likeness (QED) is 0.817. The van der Waals surface area contributed by atoms with Crippen molar-refractivity contribution < 1.29 is 9.90 Å². The molecule has 0 atom stereocenters. The summed E-state index contributed by atoms with van der Waals surface area (Å²) in [7, 11) is 0. The Labute approximate surface area is 91.7 Å². The van der Waals surface area contributed by atoms with Crippen molar-refractivity contribution in [2.24, 2.45) is 0 Å². The Morgan fingerprint density at radius 2 is 2.21 bits per heavy atom. The SMILES string of the molecule is CCCc1cc(Cl)c(Cl)nc1C(=O)O. The zero-order valence-corrected chi connectivity index (χ0v) is 9.06. The van der Waals surface area contributed by atoms with Crippen molar-refractivity contribution >= 4 is 29.2 Å². The van der Waals surface area contributed by atoms with Crippen molar-refractivity contribution in [3.05, 3.63) is 27.5 Å². The van der Waals surface area contributed by atoms with Crippen LogP contribution in [0.1, 0.15) is 29.4 Å². The number of carboxylic acids is 1. The van der Waals surface area contributed by atoms with E-state index in [1.165, 1.54) is 0 Å². The van der Waals surface area contributed by atoms with Gasteiger partial charge in [-0.25, -0.2) is 9.78 Å². The van der Waals surface area contributed by atoms with Gasteiger partial charge in [-0.2, -0.15) is 0 Å². The van der Waals surface area contributed by atoms with E-state index in [1.54, 1.807) is 6.07 Å². The van der Waals surface area contributed by atoms with Gasteiger partial charge in [0.15, 0.2) is 5.69 Å². The molecule has 0 fully saturated rings. The monoisotopic (exact) mass is 233 g/mol. The normalized spacial score (nSPS) is 10.2. The minimum absolute atomic E-state index is 0.0127. The van der Waals surface area contributed by atoms with Crippen LogP contribution in [0.4, 0.5) is 0 Å². The van der Waals surface area contributed by atoms with Gasteiger partial charge >= 0.3 is 5.97 Å². The number of rotatable bonds is 3. The number of carbonyl (C=O) groups is 1. The number of aromatic nitrogens is 1. The number of aryl methyl sites for hydroxylation is 1. The molecule has 0 spiro atoms. The Kier molecular flexibility index (Phi) is 3.72. The van der Waals surface area contributed by atoms with Crippen LogP contribution in [-0.2, 0) is 6.42 Å². The number of hydrogen-bond acceptors (Lipinski definition) is 2. The van der Waals surface area contributed by atoms with Crippen LogP contribution in [0.2, 0.25) is 10.2 Å². The molecule has 1 rings (SSSR count). The first-order valence-corrected chi connectivity index (χ1v) is 4.90. The van der Waals surface area contributed by atoms with E-state index in [4.69, 9.17) is 28.3 Å². The predicted octanol–water partition coefficient (Wildman–Crippen LogP) is 3.04. The highest BCUT2D eigenvalue weighted by Gasteiger charge is 2.14. The van der Waals surface area contributed by atoms with E-state index in [9.17, 15) is 4.79 Å². The lowest BCUT2D eigenvalue weighted by molar-refractivity contribution is 0.0689. The Morgan fingerprint density at radius 3 is 2.71 bits per heavy atom. The molecular formula is C9H9Cl2NO2. The van der Waals surface area contributed by atoms with Crippen LogP contribution < -0.4 is 0 Å². The number of hydrogen-bond donors (Lipinski definition) is 1. The van der Waals surface area contributed by atoms with Gasteiger partial charge < -0.3 is 5.11 Å². The highest BCUT2D eigenvalue weighted by atomic mass is 35.5. The fourth-order valence-corrected chi connectivity index (χ4v) is 1.46. The Hall–Kier alpha value is -0.800. The molecule has 0 aliphatic rings. The smallest absolute Gasteiger partial charge is 0.354 e. The standard InChI is InChI=1S/C9H9Cl2NO2/c1-2-3-5-4-6(10)8(11)12-7(5)9(13)14/h4H,2-3H2,1H3,(H,13,14). The third-order valence-electron chi connectivity index (χ3n) is 1.73. The van der Waals surface area contributed by atoms with E-state index in [1.807, 2.05) is 6.92 Å². The average Bonchev–Trinajstić information content (AvgIpc) is 2.11. The summed E-state index contributed by atoms with van der Waals surface area (Å²) in [6.45, 7) is 1.95. The average molecular weight is 234 g/mol. The predicted molar refractivity (Wildman–Crippen MR) is 55.2 cm³/mol. The zero-order chi connectivity index (χ0) is 10.7. The van der Waals surface area contributed by atoms with E-state index in [2.05, 4.69) is 4.98 Å². The molecule has 0 aromatic carbocycles. The second-order valence-corrected chi connectivity index (χ2v) is 3.59. The van der Waals surface area contributed by atoms with Crippen LogP contribution >= 0.6 is 23.2 Å². The van der Waals surface area contributed by atoms with Crippen molar-refractivity contribution in [3.63, 3.8) is 0 Å². The van der Waals surface area contributed by atoms with Crippen LogP contribution in [0.25, 0.3) is 0 Å². The van der Waals surface area contributed by atoms with Crippen molar-refractivity contribution in [1.29, 1.82) is 0 Å². The fraction of sp³-hybridized carbons (Fsp3) is 0.333. The number of aromatic carboxylic acids is 1. The maximum atomic E-state index is 10.8. The molecule has 0 saturated heterocycles. The Balaban J connectivity index is 3.24. The molecule has 0 radical (unpaired) electrons. The van der Waals surface area contributed by atoms with Crippen LogP contribution in [0, 0.1) is 0 Å². The summed E-state index contributed by atoms with van der Waals surface area (Å²) < 4.78 is 0. The highest BCUT2D eigenvalue weighted by molar-refractivity contribution is 6.41. The Bertz CT molecular complexity index is 366. The minimum atomic E-state index is -1.08. The number of carboxylic acid groups (broad SMARTS) is 1. The van der Waals surface area contributed by atoms with Crippen molar-refractivity contribution in [1.82, 2.24) is 4.98 Å². The molecule has 1 heterocycles. The summed E-state index contributed by atoms with van der Waals surface area (Å²) in [5.74, 6) is -1.08. The van der Waals surface area contributed by atoms with E-state index in [0.717, 1.165) is 6.42 Å². The first kappa shape index (κ1) is 11.3. The maximum Gasteiger partial charge on any atom is 0.354 e. The lowest BCUT2D eigenvalue weighted by Gasteiger charge is -2.05. The summed E-state index contributed by atoms with van der Waals surface area (Å²) in [5.41, 5.74) is 0.607. The molecule has 0 bridgehead atoms. The molecule has 0 saturated carbocycles. The van der Waals surface area contributed by atoms with Gasteiger partial charge in [-0.1, -0.05) is 36.5 Å². The molecule has 3 nitrogen and oxygen atoms in total. The molecule has 5 heteroatoms. The molecular weight excluding hydrogens is 225 g/mol. The minimum Gasteiger partial charge on any atom is -0.477 e. The van der Waals surface area contributed by atoms with Gasteiger partial charge in [-0.15, -0.1) is 0 Å². The largest absolute Gasteiger partial charge is 0.477 e.